The van der Waals surface area contributed by atoms with E-state index in [0.29, 0.717) is 29.4 Å². The standard InChI is InChI=1S/C22H21IN2O4S/c1-5-29-18-11-14(10-16(23)19(18)28-4)9-15-20(26)24-22(30)25(21(15)27)17-8-12(2)6-7-13(17)3/h6-11H,5H2,1-4H3,(H,24,26,30)/b15-9+. The zero-order valence-electron chi connectivity index (χ0n) is 17.0. The summed E-state index contributed by atoms with van der Waals surface area (Å²) in [6.45, 7) is 6.16. The third kappa shape index (κ3) is 4.34. The number of anilines is 1. The van der Waals surface area contributed by atoms with Crippen molar-refractivity contribution in [3.63, 3.8) is 0 Å². The van der Waals surface area contributed by atoms with Gasteiger partial charge in [-0.05, 0) is 96.5 Å². The van der Waals surface area contributed by atoms with Crippen LogP contribution in [-0.4, -0.2) is 30.6 Å². The number of hydrogen-bond acceptors (Lipinski definition) is 5. The third-order valence-electron chi connectivity index (χ3n) is 4.55. The number of aryl methyl sites for hydroxylation is 2. The van der Waals surface area contributed by atoms with Crippen LogP contribution in [0.2, 0.25) is 0 Å². The van der Waals surface area contributed by atoms with Crippen LogP contribution in [0.3, 0.4) is 0 Å². The zero-order valence-corrected chi connectivity index (χ0v) is 20.0. The number of nitrogens with zero attached hydrogens (tertiary/aromatic N) is 1. The lowest BCUT2D eigenvalue weighted by molar-refractivity contribution is -0.122. The number of methoxy groups -OCH3 is 1. The minimum absolute atomic E-state index is 0.00655. The molecule has 1 aliphatic rings. The van der Waals surface area contributed by atoms with Crippen molar-refractivity contribution >= 4 is 63.5 Å². The SMILES string of the molecule is CCOc1cc(/C=C2\C(=O)NC(=S)N(c3cc(C)ccc3C)C2=O)cc(I)c1OC. The molecule has 1 aliphatic heterocycles. The Kier molecular flexibility index (Phi) is 6.77. The maximum Gasteiger partial charge on any atom is 0.270 e. The Morgan fingerprint density at radius 1 is 1.20 bits per heavy atom. The van der Waals surface area contributed by atoms with Crippen molar-refractivity contribution < 1.29 is 19.1 Å². The Bertz CT molecular complexity index is 1080. The molecule has 2 aromatic rings. The number of thiocarbonyl (C=S) groups is 1. The number of carbonyl (C=O) groups is 2. The van der Waals surface area contributed by atoms with E-state index in [0.717, 1.165) is 14.7 Å². The molecular formula is C22H21IN2O4S. The minimum atomic E-state index is -0.532. The van der Waals surface area contributed by atoms with Crippen LogP contribution in [0.5, 0.6) is 11.5 Å². The number of rotatable bonds is 5. The van der Waals surface area contributed by atoms with E-state index in [1.54, 1.807) is 19.3 Å². The summed E-state index contributed by atoms with van der Waals surface area (Å²) in [6, 6.07) is 9.32. The van der Waals surface area contributed by atoms with Crippen molar-refractivity contribution in [2.45, 2.75) is 20.8 Å². The average molecular weight is 536 g/mol. The van der Waals surface area contributed by atoms with E-state index < -0.39 is 11.8 Å². The van der Waals surface area contributed by atoms with Gasteiger partial charge in [-0.15, -0.1) is 0 Å². The van der Waals surface area contributed by atoms with Crippen LogP contribution in [-0.2, 0) is 9.59 Å². The molecule has 1 saturated heterocycles. The highest BCUT2D eigenvalue weighted by Crippen LogP contribution is 2.35. The number of benzene rings is 2. The minimum Gasteiger partial charge on any atom is -0.492 e. The number of carbonyl (C=O) groups excluding carboxylic acids is 2. The molecule has 1 fully saturated rings. The van der Waals surface area contributed by atoms with Gasteiger partial charge >= 0.3 is 0 Å². The second-order valence-corrected chi connectivity index (χ2v) is 8.26. The Morgan fingerprint density at radius 2 is 1.93 bits per heavy atom. The van der Waals surface area contributed by atoms with Crippen molar-refractivity contribution in [3.05, 3.63) is 56.2 Å². The van der Waals surface area contributed by atoms with Crippen LogP contribution < -0.4 is 19.7 Å². The fourth-order valence-corrected chi connectivity index (χ4v) is 4.26. The summed E-state index contributed by atoms with van der Waals surface area (Å²) >= 11 is 7.43. The average Bonchev–Trinajstić information content (AvgIpc) is 2.68. The molecule has 30 heavy (non-hydrogen) atoms. The Morgan fingerprint density at radius 3 is 2.60 bits per heavy atom. The normalized spacial score (nSPS) is 15.4. The molecule has 0 radical (unpaired) electrons. The van der Waals surface area contributed by atoms with E-state index in [9.17, 15) is 9.59 Å². The summed E-state index contributed by atoms with van der Waals surface area (Å²) in [5.74, 6) is 0.151. The molecular weight excluding hydrogens is 515 g/mol. The monoisotopic (exact) mass is 536 g/mol. The first-order chi connectivity index (χ1) is 14.3. The number of nitrogens with one attached hydrogen (secondary N) is 1. The Labute approximate surface area is 194 Å². The molecule has 0 saturated carbocycles. The van der Waals surface area contributed by atoms with Gasteiger partial charge in [-0.3, -0.25) is 19.8 Å². The van der Waals surface area contributed by atoms with Gasteiger partial charge in [0.25, 0.3) is 11.8 Å². The number of hydrogen-bond donors (Lipinski definition) is 1. The smallest absolute Gasteiger partial charge is 0.270 e. The molecule has 2 amide bonds. The highest BCUT2D eigenvalue weighted by atomic mass is 127. The molecule has 8 heteroatoms. The maximum atomic E-state index is 13.3. The first-order valence-electron chi connectivity index (χ1n) is 9.25. The van der Waals surface area contributed by atoms with Crippen molar-refractivity contribution in [3.8, 4) is 11.5 Å². The molecule has 0 spiro atoms. The Balaban J connectivity index is 2.08. The van der Waals surface area contributed by atoms with Crippen LogP contribution in [0.15, 0.2) is 35.9 Å². The number of amides is 2. The largest absolute Gasteiger partial charge is 0.492 e. The van der Waals surface area contributed by atoms with E-state index in [2.05, 4.69) is 27.9 Å². The van der Waals surface area contributed by atoms with Crippen LogP contribution >= 0.6 is 34.8 Å². The summed E-state index contributed by atoms with van der Waals surface area (Å²) < 4.78 is 11.9. The number of ether oxygens (including phenoxy) is 2. The van der Waals surface area contributed by atoms with Gasteiger partial charge in [0.05, 0.1) is 23.0 Å². The van der Waals surface area contributed by atoms with E-state index in [1.165, 1.54) is 4.90 Å². The summed E-state index contributed by atoms with van der Waals surface area (Å²) in [5.41, 5.74) is 3.16. The van der Waals surface area contributed by atoms with Crippen molar-refractivity contribution in [1.82, 2.24) is 5.32 Å². The predicted molar refractivity (Wildman–Crippen MR) is 129 cm³/mol. The van der Waals surface area contributed by atoms with Crippen molar-refractivity contribution in [2.24, 2.45) is 0 Å². The second-order valence-electron chi connectivity index (χ2n) is 6.71. The topological polar surface area (TPSA) is 67.9 Å². The molecule has 6 nitrogen and oxygen atoms in total. The highest BCUT2D eigenvalue weighted by molar-refractivity contribution is 14.1. The quantitative estimate of drug-likeness (QED) is 0.269. The van der Waals surface area contributed by atoms with Crippen LogP contribution in [0.1, 0.15) is 23.6 Å². The van der Waals surface area contributed by atoms with Crippen LogP contribution in [0.4, 0.5) is 5.69 Å². The Hall–Kier alpha value is -2.46. The first-order valence-corrected chi connectivity index (χ1v) is 10.7. The van der Waals surface area contributed by atoms with Gasteiger partial charge in [-0.25, -0.2) is 0 Å². The number of halogens is 1. The van der Waals surface area contributed by atoms with E-state index in [1.807, 2.05) is 45.0 Å². The molecule has 1 N–H and O–H groups in total. The second kappa shape index (κ2) is 9.13. The van der Waals surface area contributed by atoms with Gasteiger partial charge in [-0.1, -0.05) is 12.1 Å². The first kappa shape index (κ1) is 22.2. The fourth-order valence-electron chi connectivity index (χ4n) is 3.14. The molecule has 0 unspecified atom stereocenters. The molecule has 0 aromatic heterocycles. The van der Waals surface area contributed by atoms with E-state index in [-0.39, 0.29) is 10.7 Å². The fraction of sp³-hybridized carbons (Fsp3) is 0.227. The van der Waals surface area contributed by atoms with Crippen molar-refractivity contribution in [2.75, 3.05) is 18.6 Å². The van der Waals surface area contributed by atoms with Crippen LogP contribution in [0.25, 0.3) is 6.08 Å². The zero-order chi connectivity index (χ0) is 22.0. The molecule has 1 heterocycles. The lowest BCUT2D eigenvalue weighted by Gasteiger charge is -2.30. The van der Waals surface area contributed by atoms with Gasteiger partial charge in [-0.2, -0.15) is 0 Å². The maximum absolute atomic E-state index is 13.3. The third-order valence-corrected chi connectivity index (χ3v) is 5.64. The van der Waals surface area contributed by atoms with Gasteiger partial charge in [0.15, 0.2) is 16.6 Å². The summed E-state index contributed by atoms with van der Waals surface area (Å²) in [4.78, 5) is 27.2. The summed E-state index contributed by atoms with van der Waals surface area (Å²) in [7, 11) is 1.57. The summed E-state index contributed by atoms with van der Waals surface area (Å²) in [5, 5.41) is 2.69. The van der Waals surface area contributed by atoms with E-state index in [4.69, 9.17) is 21.7 Å². The van der Waals surface area contributed by atoms with Gasteiger partial charge in [0, 0.05) is 0 Å². The highest BCUT2D eigenvalue weighted by Gasteiger charge is 2.35. The van der Waals surface area contributed by atoms with Crippen LogP contribution in [0, 0.1) is 17.4 Å². The van der Waals surface area contributed by atoms with Gasteiger partial charge < -0.3 is 9.47 Å². The van der Waals surface area contributed by atoms with Gasteiger partial charge in [0.1, 0.15) is 5.57 Å². The van der Waals surface area contributed by atoms with Crippen molar-refractivity contribution in [1.29, 1.82) is 0 Å². The molecule has 0 bridgehead atoms. The van der Waals surface area contributed by atoms with Gasteiger partial charge in [0.2, 0.25) is 0 Å². The molecule has 156 valence electrons. The molecule has 0 atom stereocenters. The predicted octanol–water partition coefficient (Wildman–Crippen LogP) is 4.15. The lowest BCUT2D eigenvalue weighted by atomic mass is 10.0. The molecule has 0 aliphatic carbocycles. The van der Waals surface area contributed by atoms with E-state index >= 15 is 0 Å². The summed E-state index contributed by atoms with van der Waals surface area (Å²) in [6.07, 6.45) is 1.54. The lowest BCUT2D eigenvalue weighted by Crippen LogP contribution is -2.54. The molecule has 3 rings (SSSR count). The molecule has 2 aromatic carbocycles.